The van der Waals surface area contributed by atoms with Gasteiger partial charge in [-0.25, -0.2) is 4.98 Å². The van der Waals surface area contributed by atoms with Gasteiger partial charge in [-0.2, -0.15) is 18.3 Å². The summed E-state index contributed by atoms with van der Waals surface area (Å²) >= 11 is 0. The number of carbonyl (C=O) groups excluding carboxylic acids is 2. The number of aromatic nitrogens is 3. The summed E-state index contributed by atoms with van der Waals surface area (Å²) in [5, 5.41) is 10.1. The number of amides is 2. The average molecular weight is 339 g/mol. The maximum atomic E-state index is 12.9. The van der Waals surface area contributed by atoms with Crippen molar-refractivity contribution >= 4 is 17.6 Å². The smallest absolute Gasteiger partial charge is 0.340 e. The van der Waals surface area contributed by atoms with Gasteiger partial charge in [0, 0.05) is 18.3 Å². The predicted octanol–water partition coefficient (Wildman–Crippen LogP) is 1.43. The van der Waals surface area contributed by atoms with E-state index >= 15 is 0 Å². The largest absolute Gasteiger partial charge is 0.435 e. The quantitative estimate of drug-likeness (QED) is 0.770. The van der Waals surface area contributed by atoms with Crippen molar-refractivity contribution in [1.82, 2.24) is 20.5 Å². The maximum absolute atomic E-state index is 12.9. The van der Waals surface area contributed by atoms with Gasteiger partial charge in [0.1, 0.15) is 11.9 Å². The SMILES string of the molecule is Cc1[nH]nc(C(F)(F)F)c1C(=O)NC1Cc2cccnc2NC1=O. The van der Waals surface area contributed by atoms with Gasteiger partial charge in [-0.15, -0.1) is 0 Å². The third-order valence-electron chi connectivity index (χ3n) is 3.62. The zero-order chi connectivity index (χ0) is 17.5. The van der Waals surface area contributed by atoms with Crippen molar-refractivity contribution < 1.29 is 22.8 Å². The highest BCUT2D eigenvalue weighted by molar-refractivity contribution is 6.03. The second kappa shape index (κ2) is 5.62. The Bertz CT molecular complexity index is 815. The molecular formula is C14H12F3N5O2. The molecule has 0 fully saturated rings. The monoisotopic (exact) mass is 339 g/mol. The summed E-state index contributed by atoms with van der Waals surface area (Å²) in [6, 6.07) is 2.38. The van der Waals surface area contributed by atoms with Crippen molar-refractivity contribution in [2.75, 3.05) is 5.32 Å². The van der Waals surface area contributed by atoms with Crippen molar-refractivity contribution in [3.63, 3.8) is 0 Å². The molecule has 2 amide bonds. The molecule has 1 aliphatic heterocycles. The lowest BCUT2D eigenvalue weighted by Gasteiger charge is -2.24. The van der Waals surface area contributed by atoms with Crippen molar-refractivity contribution in [1.29, 1.82) is 0 Å². The van der Waals surface area contributed by atoms with Crippen LogP contribution < -0.4 is 10.6 Å². The first-order valence-electron chi connectivity index (χ1n) is 6.95. The number of hydrogen-bond donors (Lipinski definition) is 3. The molecule has 0 spiro atoms. The summed E-state index contributed by atoms with van der Waals surface area (Å²) in [5.74, 6) is -1.17. The number of H-pyrrole nitrogens is 1. The van der Waals surface area contributed by atoms with Gasteiger partial charge >= 0.3 is 6.18 Å². The van der Waals surface area contributed by atoms with Crippen LogP contribution >= 0.6 is 0 Å². The van der Waals surface area contributed by atoms with E-state index in [2.05, 4.69) is 25.8 Å². The van der Waals surface area contributed by atoms with Crippen LogP contribution in [0.25, 0.3) is 0 Å². The first-order valence-corrected chi connectivity index (χ1v) is 6.95. The number of fused-ring (bicyclic) bond motifs is 1. The number of nitrogens with one attached hydrogen (secondary N) is 3. The van der Waals surface area contributed by atoms with E-state index in [0.29, 0.717) is 11.4 Å². The highest BCUT2D eigenvalue weighted by Gasteiger charge is 2.40. The second-order valence-corrected chi connectivity index (χ2v) is 5.30. The van der Waals surface area contributed by atoms with E-state index in [1.165, 1.54) is 13.1 Å². The summed E-state index contributed by atoms with van der Waals surface area (Å²) in [6.45, 7) is 1.30. The molecule has 24 heavy (non-hydrogen) atoms. The minimum absolute atomic E-state index is 0.0295. The van der Waals surface area contributed by atoms with Gasteiger partial charge in [0.15, 0.2) is 5.69 Å². The lowest BCUT2D eigenvalue weighted by Crippen LogP contribution is -2.48. The standard InChI is InChI=1S/C14H12F3N5O2/c1-6-9(10(22-21-6)14(15,16)17)13(24)19-8-5-7-3-2-4-18-11(7)20-12(8)23/h2-4,8H,5H2,1H3,(H,19,24)(H,21,22)(H,18,20,23). The molecule has 1 unspecified atom stereocenters. The van der Waals surface area contributed by atoms with Gasteiger partial charge in [-0.3, -0.25) is 14.7 Å². The predicted molar refractivity (Wildman–Crippen MR) is 76.2 cm³/mol. The van der Waals surface area contributed by atoms with Crippen LogP contribution in [0.3, 0.4) is 0 Å². The van der Waals surface area contributed by atoms with Crippen LogP contribution in [0.15, 0.2) is 18.3 Å². The molecule has 2 aromatic heterocycles. The molecule has 0 radical (unpaired) electrons. The van der Waals surface area contributed by atoms with Gasteiger partial charge in [0.25, 0.3) is 5.91 Å². The van der Waals surface area contributed by atoms with Crippen molar-refractivity contribution in [3.8, 4) is 0 Å². The van der Waals surface area contributed by atoms with Gasteiger partial charge in [0.2, 0.25) is 5.91 Å². The molecule has 10 heteroatoms. The second-order valence-electron chi connectivity index (χ2n) is 5.30. The Labute approximate surface area is 133 Å². The molecule has 2 aromatic rings. The third-order valence-corrected chi connectivity index (χ3v) is 3.62. The van der Waals surface area contributed by atoms with Crippen LogP contribution in [-0.4, -0.2) is 33.0 Å². The third kappa shape index (κ3) is 2.82. The van der Waals surface area contributed by atoms with Crippen molar-refractivity contribution in [3.05, 3.63) is 40.8 Å². The lowest BCUT2D eigenvalue weighted by atomic mass is 10.0. The summed E-state index contributed by atoms with van der Waals surface area (Å²) in [6.07, 6.45) is -3.13. The molecule has 0 saturated carbocycles. The molecule has 3 rings (SSSR count). The van der Waals surface area contributed by atoms with E-state index < -0.39 is 35.3 Å². The fourth-order valence-electron chi connectivity index (χ4n) is 2.49. The molecule has 1 aliphatic rings. The van der Waals surface area contributed by atoms with E-state index in [4.69, 9.17) is 0 Å². The summed E-state index contributed by atoms with van der Waals surface area (Å²) < 4.78 is 38.8. The normalized spacial score (nSPS) is 17.2. The molecule has 3 N–H and O–H groups in total. The Morgan fingerprint density at radius 2 is 2.17 bits per heavy atom. The first kappa shape index (κ1) is 16.0. The van der Waals surface area contributed by atoms with Crippen LogP contribution in [0.5, 0.6) is 0 Å². The van der Waals surface area contributed by atoms with Crippen LogP contribution in [0.1, 0.15) is 27.3 Å². The molecule has 0 aliphatic carbocycles. The fraction of sp³-hybridized carbons (Fsp3) is 0.286. The van der Waals surface area contributed by atoms with Crippen molar-refractivity contribution in [2.45, 2.75) is 25.6 Å². The molecule has 3 heterocycles. The van der Waals surface area contributed by atoms with Crippen LogP contribution in [0.2, 0.25) is 0 Å². The van der Waals surface area contributed by atoms with Crippen LogP contribution in [0, 0.1) is 6.92 Å². The Kier molecular flexibility index (Phi) is 3.74. The number of anilines is 1. The van der Waals surface area contributed by atoms with Gasteiger partial charge < -0.3 is 10.6 Å². The van der Waals surface area contributed by atoms with Crippen LogP contribution in [0.4, 0.5) is 19.0 Å². The molecule has 7 nitrogen and oxygen atoms in total. The number of alkyl halides is 3. The maximum Gasteiger partial charge on any atom is 0.435 e. The number of pyridine rings is 1. The van der Waals surface area contributed by atoms with E-state index in [-0.39, 0.29) is 12.1 Å². The van der Waals surface area contributed by atoms with Gasteiger partial charge in [-0.1, -0.05) is 6.07 Å². The number of aryl methyl sites for hydroxylation is 1. The average Bonchev–Trinajstić information content (AvgIpc) is 2.90. The van der Waals surface area contributed by atoms with E-state index in [0.717, 1.165) is 0 Å². The Hall–Kier alpha value is -2.91. The number of carbonyl (C=O) groups is 2. The van der Waals surface area contributed by atoms with E-state index in [9.17, 15) is 22.8 Å². The Morgan fingerprint density at radius 3 is 2.88 bits per heavy atom. The Morgan fingerprint density at radius 1 is 1.42 bits per heavy atom. The highest BCUT2D eigenvalue weighted by Crippen LogP contribution is 2.31. The molecular weight excluding hydrogens is 327 g/mol. The minimum atomic E-state index is -4.78. The number of hydrogen-bond acceptors (Lipinski definition) is 4. The molecule has 0 saturated heterocycles. The topological polar surface area (TPSA) is 99.8 Å². The Balaban J connectivity index is 1.84. The zero-order valence-electron chi connectivity index (χ0n) is 12.4. The molecule has 0 bridgehead atoms. The zero-order valence-corrected chi connectivity index (χ0v) is 12.4. The molecule has 126 valence electrons. The lowest BCUT2D eigenvalue weighted by molar-refractivity contribution is -0.141. The summed E-state index contributed by atoms with van der Waals surface area (Å²) in [4.78, 5) is 28.3. The minimum Gasteiger partial charge on any atom is -0.340 e. The number of nitrogens with zero attached hydrogens (tertiary/aromatic N) is 2. The summed E-state index contributed by atoms with van der Waals surface area (Å²) in [5.41, 5.74) is -1.27. The molecule has 0 aromatic carbocycles. The number of halogens is 3. The highest BCUT2D eigenvalue weighted by atomic mass is 19.4. The van der Waals surface area contributed by atoms with Crippen molar-refractivity contribution in [2.24, 2.45) is 0 Å². The molecule has 1 atom stereocenters. The fourth-order valence-corrected chi connectivity index (χ4v) is 2.49. The summed E-state index contributed by atoms with van der Waals surface area (Å²) in [7, 11) is 0. The van der Waals surface area contributed by atoms with Gasteiger partial charge in [-0.05, 0) is 18.6 Å². The first-order chi connectivity index (χ1) is 11.3. The van der Waals surface area contributed by atoms with E-state index in [1.807, 2.05) is 0 Å². The number of rotatable bonds is 2. The van der Waals surface area contributed by atoms with E-state index in [1.54, 1.807) is 12.1 Å². The van der Waals surface area contributed by atoms with Gasteiger partial charge in [0.05, 0.1) is 5.56 Å². The number of aromatic amines is 1. The van der Waals surface area contributed by atoms with Crippen LogP contribution in [-0.2, 0) is 17.4 Å².